The average Bonchev–Trinajstić information content (AvgIpc) is 2.42. The summed E-state index contributed by atoms with van der Waals surface area (Å²) in [5.74, 6) is -2.36. The van der Waals surface area contributed by atoms with Crippen LogP contribution in [0.5, 0.6) is 0 Å². The second kappa shape index (κ2) is 5.42. The van der Waals surface area contributed by atoms with Gasteiger partial charge in [0, 0.05) is 43.3 Å². The van der Waals surface area contributed by atoms with Crippen LogP contribution in [0.3, 0.4) is 0 Å². The molecule has 7 heteroatoms. The maximum absolute atomic E-state index is 12.2. The number of carbonyl (C=O) groups is 3. The molecule has 4 rings (SSSR count). The quantitative estimate of drug-likeness (QED) is 0.566. The van der Waals surface area contributed by atoms with E-state index in [1.54, 1.807) is 0 Å². The minimum absolute atomic E-state index is 0.0497. The molecule has 4 saturated carbocycles. The molecule has 0 aromatic carbocycles. The highest BCUT2D eigenvalue weighted by Crippen LogP contribution is 2.66. The molecule has 0 aliphatic heterocycles. The lowest BCUT2D eigenvalue weighted by molar-refractivity contribution is -0.286. The van der Waals surface area contributed by atoms with Gasteiger partial charge in [-0.2, -0.15) is 0 Å². The van der Waals surface area contributed by atoms with E-state index in [0.717, 1.165) is 0 Å². The van der Waals surface area contributed by atoms with Gasteiger partial charge < -0.3 is 19.7 Å². The monoisotopic (exact) mass is 364 g/mol. The summed E-state index contributed by atoms with van der Waals surface area (Å²) < 4.78 is 11.3. The second-order valence-electron chi connectivity index (χ2n) is 8.58. The molecule has 4 fully saturated rings. The minimum atomic E-state index is -1.38. The summed E-state index contributed by atoms with van der Waals surface area (Å²) in [4.78, 5) is 36.4. The van der Waals surface area contributed by atoms with Crippen molar-refractivity contribution in [2.45, 2.75) is 69.2 Å². The Hall–Kier alpha value is -2.15. The molecule has 2 N–H and O–H groups in total. The summed E-state index contributed by atoms with van der Waals surface area (Å²) in [6, 6.07) is 0. The molecule has 0 radical (unpaired) electrons. The third-order valence-electron chi connectivity index (χ3n) is 5.70. The zero-order chi connectivity index (χ0) is 19.5. The van der Waals surface area contributed by atoms with E-state index in [2.05, 4.69) is 13.2 Å². The number of hydrogen-bond acceptors (Lipinski definition) is 6. The molecule has 142 valence electrons. The molecule has 7 nitrogen and oxygen atoms in total. The number of carboxylic acids is 1. The molecule has 4 aliphatic rings. The third kappa shape index (κ3) is 2.84. The average molecular weight is 364 g/mol. The van der Waals surface area contributed by atoms with Crippen LogP contribution in [0.2, 0.25) is 0 Å². The van der Waals surface area contributed by atoms with E-state index >= 15 is 0 Å². The van der Waals surface area contributed by atoms with E-state index in [-0.39, 0.29) is 49.7 Å². The third-order valence-corrected chi connectivity index (χ3v) is 5.70. The molecule has 0 aromatic rings. The summed E-state index contributed by atoms with van der Waals surface area (Å²) in [5, 5.41) is 20.9. The second-order valence-corrected chi connectivity index (χ2v) is 8.58. The first kappa shape index (κ1) is 18.6. The van der Waals surface area contributed by atoms with Crippen molar-refractivity contribution in [3.8, 4) is 0 Å². The predicted octanol–water partition coefficient (Wildman–Crippen LogP) is 1.89. The van der Waals surface area contributed by atoms with Crippen LogP contribution in [0.15, 0.2) is 24.3 Å². The minimum Gasteiger partial charge on any atom is -0.481 e. The van der Waals surface area contributed by atoms with Gasteiger partial charge >= 0.3 is 17.9 Å². The summed E-state index contributed by atoms with van der Waals surface area (Å²) in [5.41, 5.74) is -4.72. The number of esters is 2. The molecule has 0 saturated heterocycles. The molecule has 2 unspecified atom stereocenters. The van der Waals surface area contributed by atoms with Crippen LogP contribution in [0, 0.1) is 5.41 Å². The molecule has 0 spiro atoms. The van der Waals surface area contributed by atoms with Crippen molar-refractivity contribution >= 4 is 17.9 Å². The predicted molar refractivity (Wildman–Crippen MR) is 90.0 cm³/mol. The lowest BCUT2D eigenvalue weighted by atomic mass is 9.44. The van der Waals surface area contributed by atoms with E-state index in [0.29, 0.717) is 0 Å². The topological polar surface area (TPSA) is 110 Å². The molecule has 4 bridgehead atoms. The molecule has 2 atom stereocenters. The fourth-order valence-electron chi connectivity index (χ4n) is 5.41. The molecule has 0 amide bonds. The Kier molecular flexibility index (Phi) is 3.89. The Morgan fingerprint density at radius 1 is 0.808 bits per heavy atom. The highest BCUT2D eigenvalue weighted by molar-refractivity contribution is 5.88. The van der Waals surface area contributed by atoms with Crippen LogP contribution in [0.1, 0.15) is 52.4 Å². The van der Waals surface area contributed by atoms with Gasteiger partial charge in [0.25, 0.3) is 0 Å². The number of carbonyl (C=O) groups excluding carboxylic acids is 2. The summed E-state index contributed by atoms with van der Waals surface area (Å²) in [7, 11) is 0. The fraction of sp³-hybridized carbons (Fsp3) is 0.632. The van der Waals surface area contributed by atoms with Gasteiger partial charge in [-0.1, -0.05) is 13.2 Å². The van der Waals surface area contributed by atoms with Crippen LogP contribution in [-0.4, -0.2) is 44.9 Å². The smallest absolute Gasteiger partial charge is 0.333 e. The number of rotatable bonds is 5. The van der Waals surface area contributed by atoms with E-state index in [4.69, 9.17) is 9.47 Å². The first-order chi connectivity index (χ1) is 11.8. The summed E-state index contributed by atoms with van der Waals surface area (Å²) in [6.07, 6.45) is 0.635. The normalized spacial score (nSPS) is 40.0. The molecule has 0 aromatic heterocycles. The fourth-order valence-corrected chi connectivity index (χ4v) is 5.41. The molecule has 4 aliphatic carbocycles. The van der Waals surface area contributed by atoms with Gasteiger partial charge in [-0.05, 0) is 20.3 Å². The SMILES string of the molecule is C=C(C)C(=O)OC12CC3(O)CC(OC(=O)C(=C)C)(C1)CC(C(=O)O)(C3)C2. The molecular formula is C19H24O7. The van der Waals surface area contributed by atoms with Crippen molar-refractivity contribution in [2.75, 3.05) is 0 Å². The Morgan fingerprint density at radius 3 is 1.58 bits per heavy atom. The van der Waals surface area contributed by atoms with Crippen molar-refractivity contribution < 1.29 is 34.1 Å². The van der Waals surface area contributed by atoms with Crippen molar-refractivity contribution in [3.63, 3.8) is 0 Å². The van der Waals surface area contributed by atoms with E-state index < -0.39 is 40.1 Å². The number of carboxylic acid groups (broad SMARTS) is 1. The largest absolute Gasteiger partial charge is 0.481 e. The number of aliphatic carboxylic acids is 1. The van der Waals surface area contributed by atoms with Gasteiger partial charge in [0.15, 0.2) is 0 Å². The lowest BCUT2D eigenvalue weighted by Gasteiger charge is -2.65. The zero-order valence-electron chi connectivity index (χ0n) is 15.1. The van der Waals surface area contributed by atoms with Gasteiger partial charge in [-0.15, -0.1) is 0 Å². The Labute approximate surface area is 151 Å². The van der Waals surface area contributed by atoms with Crippen molar-refractivity contribution in [1.29, 1.82) is 0 Å². The van der Waals surface area contributed by atoms with Crippen molar-refractivity contribution in [1.82, 2.24) is 0 Å². The van der Waals surface area contributed by atoms with Crippen LogP contribution >= 0.6 is 0 Å². The van der Waals surface area contributed by atoms with Crippen LogP contribution < -0.4 is 0 Å². The van der Waals surface area contributed by atoms with Gasteiger partial charge in [-0.3, -0.25) is 4.79 Å². The van der Waals surface area contributed by atoms with Crippen LogP contribution in [0.4, 0.5) is 0 Å². The molecular weight excluding hydrogens is 340 g/mol. The van der Waals surface area contributed by atoms with Gasteiger partial charge in [0.1, 0.15) is 11.2 Å². The summed E-state index contributed by atoms with van der Waals surface area (Å²) in [6.45, 7) is 10.1. The Morgan fingerprint density at radius 2 is 1.23 bits per heavy atom. The molecule has 26 heavy (non-hydrogen) atoms. The van der Waals surface area contributed by atoms with E-state index in [9.17, 15) is 24.6 Å². The Balaban J connectivity index is 2.05. The van der Waals surface area contributed by atoms with Crippen molar-refractivity contribution in [3.05, 3.63) is 24.3 Å². The zero-order valence-corrected chi connectivity index (χ0v) is 15.1. The molecule has 0 heterocycles. The highest BCUT2D eigenvalue weighted by atomic mass is 16.6. The first-order valence-electron chi connectivity index (χ1n) is 8.58. The van der Waals surface area contributed by atoms with Gasteiger partial charge in [0.2, 0.25) is 0 Å². The van der Waals surface area contributed by atoms with Crippen molar-refractivity contribution in [2.24, 2.45) is 5.41 Å². The van der Waals surface area contributed by atoms with E-state index in [1.807, 2.05) is 0 Å². The number of aliphatic hydroxyl groups is 1. The maximum Gasteiger partial charge on any atom is 0.333 e. The first-order valence-corrected chi connectivity index (χ1v) is 8.58. The summed E-state index contributed by atoms with van der Waals surface area (Å²) >= 11 is 0. The van der Waals surface area contributed by atoms with Crippen LogP contribution in [0.25, 0.3) is 0 Å². The number of ether oxygens (including phenoxy) is 2. The van der Waals surface area contributed by atoms with Gasteiger partial charge in [-0.25, -0.2) is 9.59 Å². The highest BCUT2D eigenvalue weighted by Gasteiger charge is 2.73. The van der Waals surface area contributed by atoms with Gasteiger partial charge in [0.05, 0.1) is 11.0 Å². The van der Waals surface area contributed by atoms with Crippen LogP contribution in [-0.2, 0) is 23.9 Å². The van der Waals surface area contributed by atoms with E-state index in [1.165, 1.54) is 13.8 Å². The Bertz CT molecular complexity index is 690. The maximum atomic E-state index is 12.2. The number of hydrogen-bond donors (Lipinski definition) is 2. The standard InChI is InChI=1S/C19H24O7/c1-11(2)13(20)25-18-6-16(15(22)23)5-17(24,8-18)9-19(7-16,10-18)26-14(21)12(3)4/h24H,1,3,5-10H2,2,4H3,(H,22,23). The lowest BCUT2D eigenvalue weighted by Crippen LogP contribution is -2.72.